The largest absolute Gasteiger partial charge is 0.481 e. The van der Waals surface area contributed by atoms with Gasteiger partial charge in [0, 0.05) is 18.3 Å². The van der Waals surface area contributed by atoms with Gasteiger partial charge in [0.2, 0.25) is 5.91 Å². The van der Waals surface area contributed by atoms with E-state index in [0.29, 0.717) is 17.5 Å². The zero-order valence-electron chi connectivity index (χ0n) is 10.5. The van der Waals surface area contributed by atoms with E-state index in [1.165, 1.54) is 18.2 Å². The van der Waals surface area contributed by atoms with E-state index in [1.54, 1.807) is 6.92 Å². The lowest BCUT2D eigenvalue weighted by Gasteiger charge is -2.33. The Balaban J connectivity index is 2.26. The third-order valence-electron chi connectivity index (χ3n) is 3.14. The van der Waals surface area contributed by atoms with Gasteiger partial charge in [0.1, 0.15) is 0 Å². The van der Waals surface area contributed by atoms with Crippen molar-refractivity contribution in [2.24, 2.45) is 5.92 Å². The van der Waals surface area contributed by atoms with Crippen LogP contribution in [0.3, 0.4) is 0 Å². The Hall–Kier alpha value is -0.710. The number of nitrogens with zero attached hydrogens (tertiary/aromatic N) is 1. The number of likely N-dealkylation sites (tertiary alicyclic amines) is 1. The highest BCUT2D eigenvalue weighted by atomic mass is 32.2. The molecule has 0 radical (unpaired) electrons. The summed E-state index contributed by atoms with van der Waals surface area (Å²) in [7, 11) is 0. The Morgan fingerprint density at radius 1 is 1.47 bits per heavy atom. The number of amides is 1. The minimum Gasteiger partial charge on any atom is -0.481 e. The standard InChI is InChI=1S/C12H21NO3S/c1-9(12(15)16)7-17-8-11(14)13-6-4-3-5-10(13)2/h9-10H,3-8H2,1-2H3,(H,15,16). The predicted octanol–water partition coefficient (Wildman–Crippen LogP) is 1.84. The zero-order chi connectivity index (χ0) is 12.8. The summed E-state index contributed by atoms with van der Waals surface area (Å²) in [5, 5.41) is 8.73. The summed E-state index contributed by atoms with van der Waals surface area (Å²) < 4.78 is 0. The van der Waals surface area contributed by atoms with Gasteiger partial charge in [0.25, 0.3) is 0 Å². The number of thioether (sulfide) groups is 1. The minimum absolute atomic E-state index is 0.153. The first-order valence-corrected chi connectivity index (χ1v) is 7.28. The molecule has 0 aromatic rings. The average molecular weight is 259 g/mol. The molecule has 4 nitrogen and oxygen atoms in total. The van der Waals surface area contributed by atoms with Crippen LogP contribution < -0.4 is 0 Å². The number of carbonyl (C=O) groups excluding carboxylic acids is 1. The first kappa shape index (κ1) is 14.4. The number of carboxylic acids is 1. The smallest absolute Gasteiger partial charge is 0.307 e. The Kier molecular flexibility index (Phi) is 5.82. The van der Waals surface area contributed by atoms with Crippen LogP contribution in [0.15, 0.2) is 0 Å². The van der Waals surface area contributed by atoms with Crippen molar-refractivity contribution < 1.29 is 14.7 Å². The summed E-state index contributed by atoms with van der Waals surface area (Å²) in [4.78, 5) is 24.5. The zero-order valence-corrected chi connectivity index (χ0v) is 11.3. The third kappa shape index (κ3) is 4.58. The molecule has 0 bridgehead atoms. The molecule has 98 valence electrons. The molecule has 0 aliphatic carbocycles. The van der Waals surface area contributed by atoms with Crippen molar-refractivity contribution in [1.29, 1.82) is 0 Å². The van der Waals surface area contributed by atoms with Crippen molar-refractivity contribution in [3.05, 3.63) is 0 Å². The fourth-order valence-electron chi connectivity index (χ4n) is 1.95. The van der Waals surface area contributed by atoms with Gasteiger partial charge in [-0.2, -0.15) is 11.8 Å². The van der Waals surface area contributed by atoms with Crippen molar-refractivity contribution in [3.8, 4) is 0 Å². The van der Waals surface area contributed by atoms with E-state index in [9.17, 15) is 9.59 Å². The van der Waals surface area contributed by atoms with E-state index in [1.807, 2.05) is 4.90 Å². The summed E-state index contributed by atoms with van der Waals surface area (Å²) in [5.74, 6) is -0.117. The normalized spacial score (nSPS) is 22.2. The maximum atomic E-state index is 11.9. The molecule has 0 aromatic carbocycles. The second-order valence-electron chi connectivity index (χ2n) is 4.69. The Bertz CT molecular complexity index is 283. The topological polar surface area (TPSA) is 57.6 Å². The summed E-state index contributed by atoms with van der Waals surface area (Å²) in [6.07, 6.45) is 3.38. The van der Waals surface area contributed by atoms with Crippen LogP contribution in [0.1, 0.15) is 33.1 Å². The van der Waals surface area contributed by atoms with E-state index in [0.717, 1.165) is 19.4 Å². The lowest BCUT2D eigenvalue weighted by molar-refractivity contribution is -0.140. The molecule has 17 heavy (non-hydrogen) atoms. The molecule has 0 aromatic heterocycles. The second-order valence-corrected chi connectivity index (χ2v) is 5.72. The summed E-state index contributed by atoms with van der Waals surface area (Å²) in [6.45, 7) is 4.61. The molecule has 2 unspecified atom stereocenters. The first-order valence-electron chi connectivity index (χ1n) is 6.12. The van der Waals surface area contributed by atoms with E-state index < -0.39 is 5.97 Å². The maximum absolute atomic E-state index is 11.9. The predicted molar refractivity (Wildman–Crippen MR) is 69.2 cm³/mol. The molecule has 1 fully saturated rings. The van der Waals surface area contributed by atoms with Crippen molar-refractivity contribution >= 4 is 23.6 Å². The van der Waals surface area contributed by atoms with Gasteiger partial charge in [0.05, 0.1) is 11.7 Å². The minimum atomic E-state index is -0.795. The molecular weight excluding hydrogens is 238 g/mol. The van der Waals surface area contributed by atoms with Crippen LogP contribution >= 0.6 is 11.8 Å². The van der Waals surface area contributed by atoms with E-state index in [2.05, 4.69) is 6.92 Å². The highest BCUT2D eigenvalue weighted by molar-refractivity contribution is 7.99. The van der Waals surface area contributed by atoms with Crippen LogP contribution in [0, 0.1) is 5.92 Å². The quantitative estimate of drug-likeness (QED) is 0.818. The van der Waals surface area contributed by atoms with Gasteiger partial charge in [-0.15, -0.1) is 0 Å². The molecule has 1 rings (SSSR count). The molecule has 1 saturated heterocycles. The van der Waals surface area contributed by atoms with Gasteiger partial charge in [-0.3, -0.25) is 9.59 Å². The van der Waals surface area contributed by atoms with Crippen molar-refractivity contribution in [2.45, 2.75) is 39.2 Å². The van der Waals surface area contributed by atoms with E-state index >= 15 is 0 Å². The lowest BCUT2D eigenvalue weighted by Crippen LogP contribution is -2.43. The second kappa shape index (κ2) is 6.89. The number of hydrogen-bond donors (Lipinski definition) is 1. The van der Waals surface area contributed by atoms with Crippen LogP contribution in [0.25, 0.3) is 0 Å². The summed E-state index contributed by atoms with van der Waals surface area (Å²) >= 11 is 1.42. The molecule has 5 heteroatoms. The summed E-state index contributed by atoms with van der Waals surface area (Å²) in [5.41, 5.74) is 0. The van der Waals surface area contributed by atoms with E-state index in [4.69, 9.17) is 5.11 Å². The number of carboxylic acid groups (broad SMARTS) is 1. The molecule has 1 amide bonds. The highest BCUT2D eigenvalue weighted by Gasteiger charge is 2.23. The SMILES string of the molecule is CC(CSCC(=O)N1CCCCC1C)C(=O)O. The number of carbonyl (C=O) groups is 2. The number of aliphatic carboxylic acids is 1. The van der Waals surface area contributed by atoms with Crippen LogP contribution in [0.5, 0.6) is 0 Å². The van der Waals surface area contributed by atoms with Gasteiger partial charge in [-0.05, 0) is 26.2 Å². The van der Waals surface area contributed by atoms with Crippen LogP contribution in [0.2, 0.25) is 0 Å². The van der Waals surface area contributed by atoms with Gasteiger partial charge >= 0.3 is 5.97 Å². The lowest BCUT2D eigenvalue weighted by atomic mass is 10.0. The molecule has 1 aliphatic heterocycles. The van der Waals surface area contributed by atoms with Gasteiger partial charge < -0.3 is 10.0 Å². The van der Waals surface area contributed by atoms with E-state index in [-0.39, 0.29) is 11.8 Å². The number of rotatable bonds is 5. The Morgan fingerprint density at radius 2 is 2.18 bits per heavy atom. The molecular formula is C12H21NO3S. The van der Waals surface area contributed by atoms with Crippen LogP contribution in [-0.4, -0.2) is 46.0 Å². The first-order chi connectivity index (χ1) is 8.02. The molecule has 2 atom stereocenters. The van der Waals surface area contributed by atoms with Crippen molar-refractivity contribution in [3.63, 3.8) is 0 Å². The monoisotopic (exact) mass is 259 g/mol. The van der Waals surface area contributed by atoms with Gasteiger partial charge in [-0.25, -0.2) is 0 Å². The average Bonchev–Trinajstić information content (AvgIpc) is 2.29. The fourth-order valence-corrected chi connectivity index (χ4v) is 2.90. The third-order valence-corrected chi connectivity index (χ3v) is 4.33. The molecule has 0 spiro atoms. The number of hydrogen-bond acceptors (Lipinski definition) is 3. The molecule has 1 heterocycles. The molecule has 1 N–H and O–H groups in total. The molecule has 1 aliphatic rings. The highest BCUT2D eigenvalue weighted by Crippen LogP contribution is 2.18. The van der Waals surface area contributed by atoms with Crippen LogP contribution in [-0.2, 0) is 9.59 Å². The van der Waals surface area contributed by atoms with Gasteiger partial charge in [-0.1, -0.05) is 6.92 Å². The fraction of sp³-hybridized carbons (Fsp3) is 0.833. The Morgan fingerprint density at radius 3 is 2.76 bits per heavy atom. The Labute approximate surface area is 107 Å². The van der Waals surface area contributed by atoms with Crippen molar-refractivity contribution in [1.82, 2.24) is 4.90 Å². The van der Waals surface area contributed by atoms with Gasteiger partial charge in [0.15, 0.2) is 0 Å². The molecule has 0 saturated carbocycles. The number of piperidine rings is 1. The van der Waals surface area contributed by atoms with Crippen molar-refractivity contribution in [2.75, 3.05) is 18.1 Å². The van der Waals surface area contributed by atoms with Crippen LogP contribution in [0.4, 0.5) is 0 Å². The maximum Gasteiger partial charge on any atom is 0.307 e. The summed E-state index contributed by atoms with van der Waals surface area (Å²) in [6, 6.07) is 0.341.